The second-order valence-corrected chi connectivity index (χ2v) is 21.7. The summed E-state index contributed by atoms with van der Waals surface area (Å²) in [4.78, 5) is 25.7. The number of aromatic nitrogens is 2. The molecule has 2 fully saturated rings. The van der Waals surface area contributed by atoms with Crippen molar-refractivity contribution in [1.29, 1.82) is 0 Å². The Morgan fingerprint density at radius 1 is 1.03 bits per heavy atom. The molecule has 3 aromatic carbocycles. The van der Waals surface area contributed by atoms with Gasteiger partial charge < -0.3 is 4.98 Å². The third kappa shape index (κ3) is 10.1. The summed E-state index contributed by atoms with van der Waals surface area (Å²) in [6.45, 7) is 10.1. The molecule has 0 unspecified atom stereocenters. The standard InChI is InChI=1S/C39H37Cl2FN5O4S.C6H11O.Au/c1-39(2)11-9-27(35(22-39)25-3-5-28(40)6-4-25)24-46-13-15-47(16-14-46)31-7-8-34(36(21-31)51-32-17-26-10-12-43-37(26)44-23-32)38(48)45-52(49,50)33-19-29(41)18-30(42)20-33;1-6-2-4-7-5-3-6;/h3-8,10,12,17,19-21,23H,9,11,13-16,22,24H2,1-2H3,(H,43,44)(H,45,48);6H,1-5H2;. The number of pyridine rings is 1. The van der Waals surface area contributed by atoms with Gasteiger partial charge in [0.15, 0.2) is 0 Å². The van der Waals surface area contributed by atoms with Gasteiger partial charge in [-0.05, 0) is 54.0 Å². The molecule has 0 saturated carbocycles. The molecule has 2 saturated heterocycles. The number of hydrogen-bond donors (Lipinski definition) is 2. The molecule has 8 rings (SSSR count). The number of nitrogens with one attached hydrogen (secondary N) is 2. The van der Waals surface area contributed by atoms with Gasteiger partial charge in [0.1, 0.15) is 5.65 Å². The van der Waals surface area contributed by atoms with Crippen LogP contribution >= 0.6 is 23.2 Å². The molecule has 0 radical (unpaired) electrons. The Balaban J connectivity index is 0.997. The molecule has 1 amide bonds. The van der Waals surface area contributed by atoms with Gasteiger partial charge in [0, 0.05) is 49.3 Å². The number of ether oxygens (including phenoxy) is 2. The predicted molar refractivity (Wildman–Crippen MR) is 231 cm³/mol. The number of amides is 1. The largest absolute Gasteiger partial charge is 0.0843 e. The number of sulfonamides is 1. The molecule has 0 spiro atoms. The van der Waals surface area contributed by atoms with E-state index in [2.05, 4.69) is 50.5 Å². The van der Waals surface area contributed by atoms with Crippen LogP contribution in [0.5, 0.6) is 11.5 Å². The molecule has 3 aliphatic rings. The average Bonchev–Trinajstić information content (AvgIpc) is 3.70. The number of piperazine rings is 1. The van der Waals surface area contributed by atoms with Crippen LogP contribution in [-0.2, 0) is 34.5 Å². The Hall–Kier alpha value is -3.72. The van der Waals surface area contributed by atoms with E-state index in [4.69, 9.17) is 32.7 Å². The Morgan fingerprint density at radius 2 is 1.80 bits per heavy atom. The van der Waals surface area contributed by atoms with Gasteiger partial charge in [0.25, 0.3) is 0 Å². The topological polar surface area (TPSA) is 117 Å². The van der Waals surface area contributed by atoms with Crippen LogP contribution in [0.4, 0.5) is 10.1 Å². The number of allylic oxidation sites excluding steroid dienone is 1. The fraction of sp³-hybridized carbons (Fsp3) is 0.378. The number of rotatable bonds is 12. The number of carbonyl (C=O) groups excluding carboxylic acids is 1. The van der Waals surface area contributed by atoms with Crippen LogP contribution in [0.2, 0.25) is 14.7 Å². The summed E-state index contributed by atoms with van der Waals surface area (Å²) in [7, 11) is -4.52. The van der Waals surface area contributed by atoms with Gasteiger partial charge >= 0.3 is 205 Å². The first-order valence-corrected chi connectivity index (χ1v) is 25.0. The number of carbonyl (C=O) groups is 1. The van der Waals surface area contributed by atoms with E-state index >= 15 is 4.39 Å². The van der Waals surface area contributed by atoms with Gasteiger partial charge in [-0.2, -0.15) is 0 Å². The smallest absolute Gasteiger partial charge is 0.0406 e. The molecule has 2 aromatic heterocycles. The fourth-order valence-corrected chi connectivity index (χ4v) is 12.7. The van der Waals surface area contributed by atoms with Crippen LogP contribution in [0.3, 0.4) is 0 Å². The van der Waals surface area contributed by atoms with Crippen LogP contribution < -0.4 is 18.1 Å². The van der Waals surface area contributed by atoms with Gasteiger partial charge in [-0.3, -0.25) is 4.90 Å². The first-order chi connectivity index (χ1) is 28.8. The maximum Gasteiger partial charge on any atom is 0.0406 e. The minimum absolute atomic E-state index is 0.0122. The molecule has 4 heterocycles. The van der Waals surface area contributed by atoms with E-state index in [9.17, 15) is 13.2 Å². The summed E-state index contributed by atoms with van der Waals surface area (Å²) >= 11 is 12.1. The van der Waals surface area contributed by atoms with Crippen molar-refractivity contribution < 1.29 is 46.8 Å². The van der Waals surface area contributed by atoms with E-state index < -0.39 is 46.4 Å². The Kier molecular flexibility index (Phi) is 13.1. The maximum absolute atomic E-state index is 15.4. The van der Waals surface area contributed by atoms with Crippen molar-refractivity contribution in [3.05, 3.63) is 112 Å². The van der Waals surface area contributed by atoms with Gasteiger partial charge in [-0.25, -0.2) is 4.98 Å². The van der Waals surface area contributed by atoms with E-state index in [1.54, 1.807) is 36.7 Å². The van der Waals surface area contributed by atoms with Crippen LogP contribution in [0.15, 0.2) is 89.6 Å². The quantitative estimate of drug-likeness (QED) is 0.119. The normalized spacial score (nSPS) is 18.0. The SMILES string of the molecule is CC1(C)CCC(CN2CCN(c3ccc(C(=O)NS(=O)(=O)c4cc(F)[c]([Au][CH2]C5CCOCC5)c(Cl)c4)c(Oc4cnc5[nH]ccc5c4)c3)CC2)=C(c2ccc(Cl)cc2)C1. The molecule has 60 heavy (non-hydrogen) atoms. The van der Waals surface area contributed by atoms with Crippen LogP contribution in [0.1, 0.15) is 61.9 Å². The Morgan fingerprint density at radius 3 is 2.55 bits per heavy atom. The van der Waals surface area contributed by atoms with Crippen molar-refractivity contribution >= 4 is 65.2 Å². The Labute approximate surface area is 370 Å². The zero-order valence-corrected chi connectivity index (χ0v) is 38.0. The minimum Gasteiger partial charge on any atom is -0.0843 e. The molecule has 10 nitrogen and oxygen atoms in total. The van der Waals surface area contributed by atoms with Crippen molar-refractivity contribution in [3.8, 4) is 11.5 Å². The molecule has 2 aliphatic heterocycles. The number of anilines is 1. The predicted octanol–water partition coefficient (Wildman–Crippen LogP) is 9.26. The van der Waals surface area contributed by atoms with Crippen LogP contribution in [-0.4, -0.2) is 75.1 Å². The summed E-state index contributed by atoms with van der Waals surface area (Å²) < 4.78 is 57.7. The minimum atomic E-state index is -4.52. The van der Waals surface area contributed by atoms with Crippen LogP contribution in [0.25, 0.3) is 16.6 Å². The van der Waals surface area contributed by atoms with E-state index in [1.165, 1.54) is 22.8 Å². The van der Waals surface area contributed by atoms with E-state index in [-0.39, 0.29) is 21.8 Å². The number of nitrogens with zero attached hydrogens (tertiary/aromatic N) is 3. The van der Waals surface area contributed by atoms with Gasteiger partial charge in [-0.15, -0.1) is 0 Å². The molecule has 2 N–H and O–H groups in total. The zero-order chi connectivity index (χ0) is 42.0. The number of hydrogen-bond acceptors (Lipinski definition) is 8. The molecule has 321 valence electrons. The number of fused-ring (bicyclic) bond motifs is 1. The molecule has 0 atom stereocenters. The first-order valence-electron chi connectivity index (χ1n) is 20.1. The van der Waals surface area contributed by atoms with Crippen molar-refractivity contribution in [1.82, 2.24) is 19.6 Å². The number of aromatic amines is 1. The Bertz CT molecular complexity index is 2500. The number of H-pyrrole nitrogens is 1. The number of benzene rings is 3. The number of halogens is 3. The molecular weight excluding hydrogens is 1010 g/mol. The summed E-state index contributed by atoms with van der Waals surface area (Å²) in [5.41, 5.74) is 5.86. The second-order valence-electron chi connectivity index (χ2n) is 16.4. The van der Waals surface area contributed by atoms with Gasteiger partial charge in [0.2, 0.25) is 0 Å². The third-order valence-corrected chi connectivity index (χ3v) is 17.2. The van der Waals surface area contributed by atoms with Crippen LogP contribution in [0, 0.1) is 17.2 Å². The molecular formula is C45H48AuCl2FN5O5S. The van der Waals surface area contributed by atoms with E-state index in [0.717, 1.165) is 91.6 Å². The van der Waals surface area contributed by atoms with E-state index in [1.807, 2.05) is 18.2 Å². The van der Waals surface area contributed by atoms with Gasteiger partial charge in [-0.1, -0.05) is 43.2 Å². The molecule has 0 bridgehead atoms. The molecule has 5 aromatic rings. The van der Waals surface area contributed by atoms with Crippen molar-refractivity contribution in [2.45, 2.75) is 55.5 Å². The monoisotopic (exact) mass is 1060 g/mol. The van der Waals surface area contributed by atoms with Crippen molar-refractivity contribution in [2.24, 2.45) is 11.3 Å². The second kappa shape index (κ2) is 18.3. The third-order valence-electron chi connectivity index (χ3n) is 11.5. The van der Waals surface area contributed by atoms with Gasteiger partial charge in [0.05, 0.1) is 0 Å². The molecule has 15 heteroatoms. The summed E-state index contributed by atoms with van der Waals surface area (Å²) in [5, 5.41) is 1.58. The summed E-state index contributed by atoms with van der Waals surface area (Å²) in [5.74, 6) is -0.664. The van der Waals surface area contributed by atoms with Crippen molar-refractivity contribution in [2.75, 3.05) is 50.8 Å². The molecule has 1 aliphatic carbocycles. The van der Waals surface area contributed by atoms with Crippen molar-refractivity contribution in [3.63, 3.8) is 0 Å². The maximum atomic E-state index is 15.4. The fourth-order valence-electron chi connectivity index (χ4n) is 8.01. The zero-order valence-electron chi connectivity index (χ0n) is 33.5. The average molecular weight is 1060 g/mol. The summed E-state index contributed by atoms with van der Waals surface area (Å²) in [6.07, 6.45) is 8.36. The van der Waals surface area contributed by atoms with E-state index in [0.29, 0.717) is 34.3 Å². The first kappa shape index (κ1) is 42.9. The summed E-state index contributed by atoms with van der Waals surface area (Å²) in [6, 6.07) is 19.1.